The second kappa shape index (κ2) is 7.86. The summed E-state index contributed by atoms with van der Waals surface area (Å²) < 4.78 is 12.4. The van der Waals surface area contributed by atoms with Crippen LogP contribution in [0.3, 0.4) is 0 Å². The summed E-state index contributed by atoms with van der Waals surface area (Å²) in [4.78, 5) is 0. The molecule has 2 nitrogen and oxygen atoms in total. The van der Waals surface area contributed by atoms with E-state index < -0.39 is 8.07 Å². The normalized spacial score (nSPS) is 23.7. The average molecular weight is 355 g/mol. The predicted molar refractivity (Wildman–Crippen MR) is 107 cm³/mol. The minimum absolute atomic E-state index is 0.138. The third kappa shape index (κ3) is 5.03. The summed E-state index contributed by atoms with van der Waals surface area (Å²) >= 11 is 0. The Morgan fingerprint density at radius 1 is 1.04 bits per heavy atom. The quantitative estimate of drug-likeness (QED) is 0.668. The number of rotatable bonds is 7. The fourth-order valence-corrected chi connectivity index (χ4v) is 6.53. The van der Waals surface area contributed by atoms with Gasteiger partial charge in [0.05, 0.1) is 33.0 Å². The van der Waals surface area contributed by atoms with Gasteiger partial charge in [0, 0.05) is 0 Å². The molecule has 0 aromatic heterocycles. The van der Waals surface area contributed by atoms with Gasteiger partial charge in [0.15, 0.2) is 0 Å². The van der Waals surface area contributed by atoms with Crippen LogP contribution in [0.1, 0.15) is 25.3 Å². The van der Waals surface area contributed by atoms with Crippen molar-refractivity contribution in [2.45, 2.75) is 57.2 Å². The summed E-state index contributed by atoms with van der Waals surface area (Å²) in [6.07, 6.45) is 2.60. The van der Waals surface area contributed by atoms with Crippen molar-refractivity contribution >= 4 is 13.3 Å². The molecule has 2 atom stereocenters. The van der Waals surface area contributed by atoms with E-state index in [1.165, 1.54) is 16.8 Å². The highest BCUT2D eigenvalue weighted by Gasteiger charge is 2.39. The maximum Gasteiger partial charge on any atom is 0.0891 e. The first-order valence-corrected chi connectivity index (χ1v) is 12.5. The summed E-state index contributed by atoms with van der Waals surface area (Å²) in [5.41, 5.74) is 1.08. The molecule has 0 unspecified atom stereocenters. The van der Waals surface area contributed by atoms with Crippen molar-refractivity contribution in [1.82, 2.24) is 0 Å². The molecule has 1 heterocycles. The molecule has 0 spiro atoms. The second-order valence-corrected chi connectivity index (χ2v) is 12.9. The van der Waals surface area contributed by atoms with E-state index in [9.17, 15) is 0 Å². The summed E-state index contributed by atoms with van der Waals surface area (Å²) in [6, 6.07) is 22.5. The Labute approximate surface area is 153 Å². The zero-order valence-corrected chi connectivity index (χ0v) is 16.7. The SMILES string of the molecule is C[C@@]1(COCc2ccccc2)CC[C@H](C[Si](C)(C)c2ccccc2)O1. The minimum atomic E-state index is -1.46. The molecule has 134 valence electrons. The Hall–Kier alpha value is -1.42. The van der Waals surface area contributed by atoms with Gasteiger partial charge in [0.25, 0.3) is 0 Å². The lowest BCUT2D eigenvalue weighted by molar-refractivity contribution is -0.0792. The van der Waals surface area contributed by atoms with E-state index in [0.717, 1.165) is 12.8 Å². The molecule has 0 bridgehead atoms. The summed E-state index contributed by atoms with van der Waals surface area (Å²) in [6.45, 7) is 8.44. The Bertz CT molecular complexity index is 656. The summed E-state index contributed by atoms with van der Waals surface area (Å²) in [5, 5.41) is 1.52. The van der Waals surface area contributed by atoms with Crippen molar-refractivity contribution in [3.63, 3.8) is 0 Å². The summed E-state index contributed by atoms with van der Waals surface area (Å²) in [5.74, 6) is 0. The summed E-state index contributed by atoms with van der Waals surface area (Å²) in [7, 11) is -1.46. The van der Waals surface area contributed by atoms with Crippen LogP contribution in [0, 0.1) is 0 Å². The van der Waals surface area contributed by atoms with Crippen LogP contribution in [-0.2, 0) is 16.1 Å². The van der Waals surface area contributed by atoms with Crippen LogP contribution in [-0.4, -0.2) is 26.4 Å². The highest BCUT2D eigenvalue weighted by molar-refractivity contribution is 6.89. The van der Waals surface area contributed by atoms with Crippen LogP contribution < -0.4 is 5.19 Å². The van der Waals surface area contributed by atoms with E-state index in [1.807, 2.05) is 6.07 Å². The first-order chi connectivity index (χ1) is 12.0. The molecule has 2 aromatic rings. The third-order valence-corrected chi connectivity index (χ3v) is 8.63. The monoisotopic (exact) mass is 354 g/mol. The van der Waals surface area contributed by atoms with Gasteiger partial charge in [-0.3, -0.25) is 0 Å². The topological polar surface area (TPSA) is 18.5 Å². The molecule has 0 amide bonds. The van der Waals surface area contributed by atoms with E-state index in [-0.39, 0.29) is 5.60 Å². The Morgan fingerprint density at radius 3 is 2.36 bits per heavy atom. The molecule has 1 aliphatic rings. The zero-order valence-electron chi connectivity index (χ0n) is 15.7. The molecule has 2 aromatic carbocycles. The van der Waals surface area contributed by atoms with E-state index in [1.54, 1.807) is 0 Å². The molecule has 0 N–H and O–H groups in total. The lowest BCUT2D eigenvalue weighted by atomic mass is 10.0. The van der Waals surface area contributed by atoms with E-state index >= 15 is 0 Å². The highest BCUT2D eigenvalue weighted by Crippen LogP contribution is 2.34. The molecular formula is C22H30O2Si. The Morgan fingerprint density at radius 2 is 1.68 bits per heavy atom. The average Bonchev–Trinajstić information content (AvgIpc) is 2.97. The smallest absolute Gasteiger partial charge is 0.0891 e. The van der Waals surface area contributed by atoms with Gasteiger partial charge in [0.1, 0.15) is 0 Å². The predicted octanol–water partition coefficient (Wildman–Crippen LogP) is 4.76. The van der Waals surface area contributed by atoms with Crippen molar-refractivity contribution in [3.05, 3.63) is 66.2 Å². The maximum absolute atomic E-state index is 6.45. The number of hydrogen-bond donors (Lipinski definition) is 0. The van der Waals surface area contributed by atoms with Gasteiger partial charge in [-0.2, -0.15) is 0 Å². The number of hydrogen-bond acceptors (Lipinski definition) is 2. The molecule has 0 aliphatic carbocycles. The van der Waals surface area contributed by atoms with Gasteiger partial charge in [-0.05, 0) is 31.4 Å². The fraction of sp³-hybridized carbons (Fsp3) is 0.455. The minimum Gasteiger partial charge on any atom is -0.374 e. The standard InChI is InChI=1S/C22H30O2Si/c1-22(18-23-16-19-10-6-4-7-11-19)15-14-20(24-22)17-25(2,3)21-12-8-5-9-13-21/h4-13,20H,14-18H2,1-3H3/t20-,22+/m1/s1. The molecule has 1 saturated heterocycles. The van der Waals surface area contributed by atoms with Crippen LogP contribution in [0.25, 0.3) is 0 Å². The van der Waals surface area contributed by atoms with E-state index in [4.69, 9.17) is 9.47 Å². The van der Waals surface area contributed by atoms with Crippen molar-refractivity contribution in [3.8, 4) is 0 Å². The molecule has 1 fully saturated rings. The van der Waals surface area contributed by atoms with Crippen LogP contribution in [0.5, 0.6) is 0 Å². The number of benzene rings is 2. The lowest BCUT2D eigenvalue weighted by Crippen LogP contribution is -2.44. The van der Waals surface area contributed by atoms with E-state index in [2.05, 4.69) is 74.6 Å². The largest absolute Gasteiger partial charge is 0.374 e. The third-order valence-electron chi connectivity index (χ3n) is 5.26. The van der Waals surface area contributed by atoms with Gasteiger partial charge in [-0.25, -0.2) is 0 Å². The maximum atomic E-state index is 6.45. The van der Waals surface area contributed by atoms with Crippen molar-refractivity contribution in [1.29, 1.82) is 0 Å². The molecule has 0 radical (unpaired) electrons. The first-order valence-electron chi connectivity index (χ1n) is 9.32. The van der Waals surface area contributed by atoms with Crippen molar-refractivity contribution in [2.75, 3.05) is 6.61 Å². The zero-order chi connectivity index (χ0) is 17.8. The van der Waals surface area contributed by atoms with Gasteiger partial charge in [-0.1, -0.05) is 78.9 Å². The molecule has 3 rings (SSSR count). The molecular weight excluding hydrogens is 324 g/mol. The highest BCUT2D eigenvalue weighted by atomic mass is 28.3. The molecule has 0 saturated carbocycles. The lowest BCUT2D eigenvalue weighted by Gasteiger charge is -2.29. The van der Waals surface area contributed by atoms with Gasteiger partial charge in [-0.15, -0.1) is 0 Å². The molecule has 3 heteroatoms. The van der Waals surface area contributed by atoms with Crippen molar-refractivity contribution < 1.29 is 9.47 Å². The van der Waals surface area contributed by atoms with Gasteiger partial charge in [0.2, 0.25) is 0 Å². The van der Waals surface area contributed by atoms with Gasteiger partial charge < -0.3 is 9.47 Å². The molecule has 1 aliphatic heterocycles. The van der Waals surface area contributed by atoms with Crippen LogP contribution >= 0.6 is 0 Å². The number of ether oxygens (including phenoxy) is 2. The fourth-order valence-electron chi connectivity index (χ4n) is 3.77. The van der Waals surface area contributed by atoms with Crippen LogP contribution in [0.2, 0.25) is 19.1 Å². The van der Waals surface area contributed by atoms with Crippen LogP contribution in [0.4, 0.5) is 0 Å². The Kier molecular flexibility index (Phi) is 5.77. The van der Waals surface area contributed by atoms with Gasteiger partial charge >= 0.3 is 0 Å². The second-order valence-electron chi connectivity index (χ2n) is 8.16. The van der Waals surface area contributed by atoms with Crippen molar-refractivity contribution in [2.24, 2.45) is 0 Å². The Balaban J connectivity index is 1.50. The first kappa shape index (κ1) is 18.4. The van der Waals surface area contributed by atoms with Crippen LogP contribution in [0.15, 0.2) is 60.7 Å². The molecule has 25 heavy (non-hydrogen) atoms. The van der Waals surface area contributed by atoms with E-state index in [0.29, 0.717) is 19.3 Å².